The lowest BCUT2D eigenvalue weighted by molar-refractivity contribution is -0.134. The molecule has 2 amide bonds. The summed E-state index contributed by atoms with van der Waals surface area (Å²) in [6.45, 7) is 3.81. The van der Waals surface area contributed by atoms with E-state index in [0.29, 0.717) is 5.92 Å². The predicted octanol–water partition coefficient (Wildman–Crippen LogP) is 2.17. The van der Waals surface area contributed by atoms with Crippen molar-refractivity contribution in [1.29, 1.82) is 0 Å². The Bertz CT molecular complexity index is 593. The number of rotatable bonds is 2. The topological polar surface area (TPSA) is 53.5 Å². The van der Waals surface area contributed by atoms with E-state index in [4.69, 9.17) is 0 Å². The molecule has 0 bridgehead atoms. The van der Waals surface area contributed by atoms with Crippen LogP contribution in [0.2, 0.25) is 0 Å². The molecule has 118 valence electrons. The van der Waals surface area contributed by atoms with Crippen molar-refractivity contribution in [2.24, 2.45) is 5.92 Å². The van der Waals surface area contributed by atoms with E-state index in [0.717, 1.165) is 30.2 Å². The maximum Gasteiger partial charge on any atom is 0.240 e. The zero-order chi connectivity index (χ0) is 15.7. The first-order valence-corrected chi connectivity index (χ1v) is 8.61. The van der Waals surface area contributed by atoms with Crippen LogP contribution < -0.4 is 4.90 Å². The van der Waals surface area contributed by atoms with Gasteiger partial charge < -0.3 is 9.80 Å². The number of likely N-dealkylation sites (tertiary alicyclic amines) is 1. The number of aromatic nitrogens is 1. The average Bonchev–Trinajstić information content (AvgIpc) is 2.52. The van der Waals surface area contributed by atoms with Gasteiger partial charge in [0.15, 0.2) is 0 Å². The van der Waals surface area contributed by atoms with Gasteiger partial charge in [-0.3, -0.25) is 9.59 Å². The molecule has 0 N–H and O–H groups in total. The van der Waals surface area contributed by atoms with Gasteiger partial charge in [0.1, 0.15) is 5.03 Å². The highest BCUT2D eigenvalue weighted by atomic mass is 32.2. The molecule has 2 aliphatic heterocycles. The molecule has 1 aromatic rings. The molecule has 2 atom stereocenters. The molecule has 0 aliphatic carbocycles. The summed E-state index contributed by atoms with van der Waals surface area (Å²) in [7, 11) is 1.75. The van der Waals surface area contributed by atoms with E-state index in [2.05, 4.69) is 11.9 Å². The minimum Gasteiger partial charge on any atom is -0.342 e. The van der Waals surface area contributed by atoms with Gasteiger partial charge in [-0.15, -0.1) is 0 Å². The van der Waals surface area contributed by atoms with Crippen molar-refractivity contribution in [1.82, 2.24) is 9.88 Å². The number of hydrogen-bond donors (Lipinski definition) is 0. The average molecular weight is 319 g/mol. The summed E-state index contributed by atoms with van der Waals surface area (Å²) in [5.74, 6) is 0.631. The highest BCUT2D eigenvalue weighted by Crippen LogP contribution is 2.38. The van der Waals surface area contributed by atoms with Crippen molar-refractivity contribution in [2.75, 3.05) is 25.0 Å². The Morgan fingerprint density at radius 1 is 1.50 bits per heavy atom. The molecule has 2 aliphatic rings. The SMILES string of the molecule is C[C@@H]1CCCN(C(=O)C[C@@H]2Sc3ncccc3N(C)C2=O)C1. The Morgan fingerprint density at radius 3 is 3.09 bits per heavy atom. The van der Waals surface area contributed by atoms with E-state index in [-0.39, 0.29) is 23.5 Å². The molecule has 0 unspecified atom stereocenters. The van der Waals surface area contributed by atoms with Gasteiger partial charge in [-0.2, -0.15) is 0 Å². The van der Waals surface area contributed by atoms with Crippen LogP contribution in [0, 0.1) is 5.92 Å². The maximum absolute atomic E-state index is 12.5. The van der Waals surface area contributed by atoms with Gasteiger partial charge >= 0.3 is 0 Å². The number of hydrogen-bond acceptors (Lipinski definition) is 4. The van der Waals surface area contributed by atoms with Crippen LogP contribution in [0.3, 0.4) is 0 Å². The third-order valence-corrected chi connectivity index (χ3v) is 5.53. The minimum atomic E-state index is -0.364. The fourth-order valence-corrected chi connectivity index (χ4v) is 4.28. The first kappa shape index (κ1) is 15.3. The van der Waals surface area contributed by atoms with Gasteiger partial charge in [0, 0.05) is 32.8 Å². The van der Waals surface area contributed by atoms with Crippen molar-refractivity contribution in [2.45, 2.75) is 36.5 Å². The Kier molecular flexibility index (Phi) is 4.38. The van der Waals surface area contributed by atoms with Gasteiger partial charge in [-0.05, 0) is 30.9 Å². The molecule has 1 saturated heterocycles. The number of carbonyl (C=O) groups is 2. The van der Waals surface area contributed by atoms with E-state index in [1.165, 1.54) is 18.2 Å². The molecule has 3 heterocycles. The second kappa shape index (κ2) is 6.28. The molecule has 3 rings (SSSR count). The lowest BCUT2D eigenvalue weighted by atomic mass is 10.00. The van der Waals surface area contributed by atoms with Gasteiger partial charge in [-0.25, -0.2) is 4.98 Å². The third-order valence-electron chi connectivity index (χ3n) is 4.34. The molecule has 0 saturated carbocycles. The summed E-state index contributed by atoms with van der Waals surface area (Å²) >= 11 is 1.41. The molecule has 0 spiro atoms. The summed E-state index contributed by atoms with van der Waals surface area (Å²) in [6, 6.07) is 3.71. The van der Waals surface area contributed by atoms with Gasteiger partial charge in [0.25, 0.3) is 0 Å². The van der Waals surface area contributed by atoms with Crippen molar-refractivity contribution in [3.8, 4) is 0 Å². The van der Waals surface area contributed by atoms with Gasteiger partial charge in [-0.1, -0.05) is 18.7 Å². The number of fused-ring (bicyclic) bond motifs is 1. The van der Waals surface area contributed by atoms with Crippen LogP contribution in [0.5, 0.6) is 0 Å². The number of pyridine rings is 1. The Morgan fingerprint density at radius 2 is 2.32 bits per heavy atom. The molecular weight excluding hydrogens is 298 g/mol. The molecule has 1 fully saturated rings. The van der Waals surface area contributed by atoms with Crippen LogP contribution >= 0.6 is 11.8 Å². The van der Waals surface area contributed by atoms with E-state index >= 15 is 0 Å². The number of nitrogens with zero attached hydrogens (tertiary/aromatic N) is 3. The molecular formula is C16H21N3O2S. The van der Waals surface area contributed by atoms with Crippen molar-refractivity contribution in [3.63, 3.8) is 0 Å². The summed E-state index contributed by atoms with van der Waals surface area (Å²) in [4.78, 5) is 32.8. The van der Waals surface area contributed by atoms with Crippen LogP contribution in [-0.4, -0.2) is 47.1 Å². The third kappa shape index (κ3) is 2.97. The Hall–Kier alpha value is -1.56. The van der Waals surface area contributed by atoms with Gasteiger partial charge in [0.05, 0.1) is 10.9 Å². The van der Waals surface area contributed by atoms with E-state index < -0.39 is 0 Å². The first-order chi connectivity index (χ1) is 10.6. The second-order valence-corrected chi connectivity index (χ2v) is 7.31. The molecule has 5 nitrogen and oxygen atoms in total. The summed E-state index contributed by atoms with van der Waals surface area (Å²) in [5, 5.41) is 0.464. The fourth-order valence-electron chi connectivity index (χ4n) is 3.08. The first-order valence-electron chi connectivity index (χ1n) is 7.73. The zero-order valence-corrected chi connectivity index (χ0v) is 13.8. The van der Waals surface area contributed by atoms with Crippen LogP contribution in [0.1, 0.15) is 26.2 Å². The lowest BCUT2D eigenvalue weighted by Gasteiger charge is -2.34. The smallest absolute Gasteiger partial charge is 0.240 e. The minimum absolute atomic E-state index is 0.0103. The van der Waals surface area contributed by atoms with Crippen LogP contribution in [0.4, 0.5) is 5.69 Å². The van der Waals surface area contributed by atoms with Crippen LogP contribution in [0.15, 0.2) is 23.4 Å². The summed E-state index contributed by atoms with van der Waals surface area (Å²) < 4.78 is 0. The number of amides is 2. The Balaban J connectivity index is 1.70. The van der Waals surface area contributed by atoms with Gasteiger partial charge in [0.2, 0.25) is 11.8 Å². The molecule has 0 radical (unpaired) electrons. The number of carbonyl (C=O) groups excluding carboxylic acids is 2. The van der Waals surface area contributed by atoms with Crippen LogP contribution in [0.25, 0.3) is 0 Å². The van der Waals surface area contributed by atoms with Crippen molar-refractivity contribution in [3.05, 3.63) is 18.3 Å². The monoisotopic (exact) mass is 319 g/mol. The second-order valence-electron chi connectivity index (χ2n) is 6.12. The maximum atomic E-state index is 12.5. The number of piperidine rings is 1. The lowest BCUT2D eigenvalue weighted by Crippen LogP contribution is -2.44. The van der Waals surface area contributed by atoms with E-state index in [1.54, 1.807) is 18.1 Å². The molecule has 0 aromatic carbocycles. The van der Waals surface area contributed by atoms with Crippen LogP contribution in [-0.2, 0) is 9.59 Å². The highest BCUT2D eigenvalue weighted by Gasteiger charge is 2.35. The summed E-state index contributed by atoms with van der Waals surface area (Å²) in [6.07, 6.45) is 4.22. The quantitative estimate of drug-likeness (QED) is 0.838. The largest absolute Gasteiger partial charge is 0.342 e. The number of anilines is 1. The summed E-state index contributed by atoms with van der Waals surface area (Å²) in [5.41, 5.74) is 0.827. The predicted molar refractivity (Wildman–Crippen MR) is 86.9 cm³/mol. The highest BCUT2D eigenvalue weighted by molar-refractivity contribution is 8.00. The van der Waals surface area contributed by atoms with E-state index in [1.807, 2.05) is 17.0 Å². The Labute approximate surface area is 135 Å². The zero-order valence-electron chi connectivity index (χ0n) is 13.0. The normalized spacial score (nSPS) is 25.1. The van der Waals surface area contributed by atoms with Crippen molar-refractivity contribution >= 4 is 29.3 Å². The molecule has 6 heteroatoms. The fraction of sp³-hybridized carbons (Fsp3) is 0.562. The number of thioether (sulfide) groups is 1. The van der Waals surface area contributed by atoms with Crippen molar-refractivity contribution < 1.29 is 9.59 Å². The van der Waals surface area contributed by atoms with E-state index in [9.17, 15) is 9.59 Å². The standard InChI is InChI=1S/C16H21N3O2S/c1-11-5-4-8-19(10-11)14(20)9-13-16(21)18(2)12-6-3-7-17-15(12)22-13/h3,6-7,11,13H,4-5,8-10H2,1-2H3/t11-,13+/m1/s1. The molecule has 22 heavy (non-hydrogen) atoms. The molecule has 1 aromatic heterocycles.